The van der Waals surface area contributed by atoms with E-state index in [4.69, 9.17) is 5.73 Å². The van der Waals surface area contributed by atoms with Gasteiger partial charge in [-0.15, -0.1) is 0 Å². The summed E-state index contributed by atoms with van der Waals surface area (Å²) in [7, 11) is 0. The number of aromatic nitrogens is 1. The van der Waals surface area contributed by atoms with Crippen LogP contribution in [0.15, 0.2) is 36.5 Å². The van der Waals surface area contributed by atoms with Crippen molar-refractivity contribution in [2.75, 3.05) is 17.2 Å². The van der Waals surface area contributed by atoms with Gasteiger partial charge in [-0.3, -0.25) is 0 Å². The van der Waals surface area contributed by atoms with Crippen LogP contribution < -0.4 is 10.6 Å². The fraction of sp³-hybridized carbons (Fsp3) is 0.214. The lowest BCUT2D eigenvalue weighted by atomic mass is 10.2. The number of nitrogens with zero attached hydrogens (tertiary/aromatic N) is 2. The number of aryl methyl sites for hydroxylation is 1. The molecule has 1 aliphatic rings. The third kappa shape index (κ3) is 1.55. The van der Waals surface area contributed by atoms with Gasteiger partial charge in [0.25, 0.3) is 0 Å². The van der Waals surface area contributed by atoms with E-state index in [-0.39, 0.29) is 0 Å². The minimum atomic E-state index is 0.782. The number of nitrogen functional groups attached to an aromatic ring is 1. The van der Waals surface area contributed by atoms with Gasteiger partial charge in [0.1, 0.15) is 0 Å². The third-order valence-electron chi connectivity index (χ3n) is 3.33. The maximum absolute atomic E-state index is 6.12. The van der Waals surface area contributed by atoms with Crippen LogP contribution >= 0.6 is 0 Å². The van der Waals surface area contributed by atoms with Crippen LogP contribution in [0.25, 0.3) is 0 Å². The second-order valence-corrected chi connectivity index (χ2v) is 4.40. The van der Waals surface area contributed by atoms with Gasteiger partial charge >= 0.3 is 0 Å². The lowest BCUT2D eigenvalue weighted by molar-refractivity contribution is 0.974. The molecule has 2 N–H and O–H groups in total. The highest BCUT2D eigenvalue weighted by Gasteiger charge is 2.22. The Morgan fingerprint density at radius 3 is 2.94 bits per heavy atom. The first-order valence-electron chi connectivity index (χ1n) is 5.84. The Kier molecular flexibility index (Phi) is 2.25. The van der Waals surface area contributed by atoms with Crippen molar-refractivity contribution in [2.45, 2.75) is 13.3 Å². The number of hydrogen-bond acceptors (Lipinski definition) is 3. The smallest absolute Gasteiger partial charge is 0.156 e. The van der Waals surface area contributed by atoms with E-state index < -0.39 is 0 Å². The van der Waals surface area contributed by atoms with Gasteiger partial charge < -0.3 is 10.6 Å². The molecule has 0 saturated carbocycles. The molecule has 1 aromatic carbocycles. The molecule has 0 aliphatic carbocycles. The van der Waals surface area contributed by atoms with Gasteiger partial charge in [0.05, 0.1) is 5.69 Å². The van der Waals surface area contributed by atoms with Crippen molar-refractivity contribution in [3.63, 3.8) is 0 Å². The highest BCUT2D eigenvalue weighted by molar-refractivity contribution is 5.76. The summed E-state index contributed by atoms with van der Waals surface area (Å²) in [5.74, 6) is 0.884. The molecular weight excluding hydrogens is 210 g/mol. The number of fused-ring (bicyclic) bond motifs is 1. The standard InChI is InChI=1S/C14H15N3/c1-10-6-8-16-14(13(10)15)17-9-7-11-4-2-3-5-12(11)17/h2-6,8H,7,9,15H2,1H3. The van der Waals surface area contributed by atoms with E-state index in [2.05, 4.69) is 34.1 Å². The van der Waals surface area contributed by atoms with E-state index in [9.17, 15) is 0 Å². The van der Waals surface area contributed by atoms with Crippen LogP contribution in [-0.4, -0.2) is 11.5 Å². The molecule has 0 spiro atoms. The summed E-state index contributed by atoms with van der Waals surface area (Å²) in [5, 5.41) is 0. The Labute approximate surface area is 101 Å². The van der Waals surface area contributed by atoms with Crippen LogP contribution in [0.4, 0.5) is 17.2 Å². The van der Waals surface area contributed by atoms with Crippen molar-refractivity contribution in [1.29, 1.82) is 0 Å². The highest BCUT2D eigenvalue weighted by Crippen LogP contribution is 2.36. The second-order valence-electron chi connectivity index (χ2n) is 4.40. The predicted octanol–water partition coefficient (Wildman–Crippen LogP) is 2.67. The van der Waals surface area contributed by atoms with Gasteiger partial charge in [0.15, 0.2) is 5.82 Å². The van der Waals surface area contributed by atoms with Crippen LogP contribution in [0, 0.1) is 6.92 Å². The number of para-hydroxylation sites is 1. The molecule has 2 heterocycles. The summed E-state index contributed by atoms with van der Waals surface area (Å²) in [6.45, 7) is 2.97. The SMILES string of the molecule is Cc1ccnc(N2CCc3ccccc32)c1N. The average molecular weight is 225 g/mol. The van der Waals surface area contributed by atoms with E-state index in [1.54, 1.807) is 0 Å². The number of anilines is 3. The Morgan fingerprint density at radius 1 is 1.24 bits per heavy atom. The molecular formula is C14H15N3. The first-order valence-corrected chi connectivity index (χ1v) is 5.84. The first-order chi connectivity index (χ1) is 8.27. The predicted molar refractivity (Wildman–Crippen MR) is 70.5 cm³/mol. The fourth-order valence-electron chi connectivity index (χ4n) is 2.33. The summed E-state index contributed by atoms with van der Waals surface area (Å²) >= 11 is 0. The van der Waals surface area contributed by atoms with Crippen LogP contribution in [0.3, 0.4) is 0 Å². The molecule has 0 amide bonds. The van der Waals surface area contributed by atoms with Gasteiger partial charge in [-0.1, -0.05) is 18.2 Å². The summed E-state index contributed by atoms with van der Waals surface area (Å²) < 4.78 is 0. The summed E-state index contributed by atoms with van der Waals surface area (Å²) in [6.07, 6.45) is 2.88. The van der Waals surface area contributed by atoms with Crippen LogP contribution in [0.2, 0.25) is 0 Å². The first kappa shape index (κ1) is 10.1. The van der Waals surface area contributed by atoms with Crippen LogP contribution in [-0.2, 0) is 6.42 Å². The Balaban J connectivity index is 2.10. The zero-order chi connectivity index (χ0) is 11.8. The number of rotatable bonds is 1. The Bertz CT molecular complexity index is 563. The number of benzene rings is 1. The molecule has 1 aliphatic heterocycles. The molecule has 1 aromatic heterocycles. The van der Waals surface area contributed by atoms with Crippen molar-refractivity contribution in [3.8, 4) is 0 Å². The molecule has 0 bridgehead atoms. The molecule has 3 heteroatoms. The summed E-state index contributed by atoms with van der Waals surface area (Å²) in [6, 6.07) is 10.4. The minimum Gasteiger partial charge on any atom is -0.396 e. The fourth-order valence-corrected chi connectivity index (χ4v) is 2.33. The number of pyridine rings is 1. The lowest BCUT2D eigenvalue weighted by Crippen LogP contribution is -2.17. The van der Waals surface area contributed by atoms with Gasteiger partial charge in [-0.05, 0) is 36.6 Å². The Hall–Kier alpha value is -2.03. The maximum Gasteiger partial charge on any atom is 0.156 e. The summed E-state index contributed by atoms with van der Waals surface area (Å²) in [5.41, 5.74) is 10.6. The van der Waals surface area contributed by atoms with Crippen molar-refractivity contribution in [2.24, 2.45) is 0 Å². The van der Waals surface area contributed by atoms with Crippen LogP contribution in [0.1, 0.15) is 11.1 Å². The molecule has 0 saturated heterocycles. The largest absolute Gasteiger partial charge is 0.396 e. The maximum atomic E-state index is 6.12. The van der Waals surface area contributed by atoms with E-state index in [0.717, 1.165) is 30.0 Å². The normalized spacial score (nSPS) is 13.8. The van der Waals surface area contributed by atoms with Gasteiger partial charge in [-0.25, -0.2) is 4.98 Å². The zero-order valence-corrected chi connectivity index (χ0v) is 9.85. The average Bonchev–Trinajstić information content (AvgIpc) is 2.77. The van der Waals surface area contributed by atoms with E-state index in [1.807, 2.05) is 19.2 Å². The quantitative estimate of drug-likeness (QED) is 0.811. The molecule has 0 fully saturated rings. The molecule has 0 unspecified atom stereocenters. The highest BCUT2D eigenvalue weighted by atomic mass is 15.2. The van der Waals surface area contributed by atoms with E-state index in [0.29, 0.717) is 0 Å². The van der Waals surface area contributed by atoms with Gasteiger partial charge in [-0.2, -0.15) is 0 Å². The molecule has 3 rings (SSSR count). The Morgan fingerprint density at radius 2 is 2.06 bits per heavy atom. The molecule has 86 valence electrons. The van der Waals surface area contributed by atoms with Crippen LogP contribution in [0.5, 0.6) is 0 Å². The zero-order valence-electron chi connectivity index (χ0n) is 9.85. The van der Waals surface area contributed by atoms with Gasteiger partial charge in [0.2, 0.25) is 0 Å². The van der Waals surface area contributed by atoms with E-state index in [1.165, 1.54) is 11.3 Å². The number of nitrogens with two attached hydrogens (primary N) is 1. The molecule has 17 heavy (non-hydrogen) atoms. The minimum absolute atomic E-state index is 0.782. The lowest BCUT2D eigenvalue weighted by Gasteiger charge is -2.20. The molecule has 2 aromatic rings. The van der Waals surface area contributed by atoms with Crippen molar-refractivity contribution < 1.29 is 0 Å². The van der Waals surface area contributed by atoms with Crippen molar-refractivity contribution >= 4 is 17.2 Å². The molecule has 0 radical (unpaired) electrons. The molecule has 0 atom stereocenters. The number of hydrogen-bond donors (Lipinski definition) is 1. The monoisotopic (exact) mass is 225 g/mol. The van der Waals surface area contributed by atoms with Crippen molar-refractivity contribution in [1.82, 2.24) is 4.98 Å². The van der Waals surface area contributed by atoms with E-state index >= 15 is 0 Å². The second kappa shape index (κ2) is 3.77. The third-order valence-corrected chi connectivity index (χ3v) is 3.33. The summed E-state index contributed by atoms with van der Waals surface area (Å²) in [4.78, 5) is 6.63. The molecule has 3 nitrogen and oxygen atoms in total. The van der Waals surface area contributed by atoms with Crippen molar-refractivity contribution in [3.05, 3.63) is 47.7 Å². The topological polar surface area (TPSA) is 42.2 Å². The van der Waals surface area contributed by atoms with Gasteiger partial charge in [0, 0.05) is 18.4 Å².